The fourth-order valence-electron chi connectivity index (χ4n) is 3.67. The Kier molecular flexibility index (Phi) is 7.55. The van der Waals surface area contributed by atoms with Crippen LogP contribution in [0.25, 0.3) is 11.2 Å². The number of hydrogen-bond acceptors (Lipinski definition) is 10. The van der Waals surface area contributed by atoms with E-state index in [0.29, 0.717) is 11.2 Å². The molecule has 4 atom stereocenters. The molecule has 0 amide bonds. The lowest BCUT2D eigenvalue weighted by Gasteiger charge is -2.39. The van der Waals surface area contributed by atoms with Gasteiger partial charge in [-0.3, -0.25) is 14.7 Å². The number of non-ortho nitro benzene ring substituents is 1. The number of fused-ring (bicyclic) bond motifs is 1. The third kappa shape index (κ3) is 5.83. The summed E-state index contributed by atoms with van der Waals surface area (Å²) in [4.78, 5) is 22.5. The molecule has 1 aliphatic rings. The highest BCUT2D eigenvalue weighted by Gasteiger charge is 2.51. The number of imidazole rings is 1. The van der Waals surface area contributed by atoms with Gasteiger partial charge in [0.15, 0.2) is 26.4 Å². The van der Waals surface area contributed by atoms with E-state index in [1.54, 1.807) is 0 Å². The molecule has 206 valence electrons. The van der Waals surface area contributed by atoms with E-state index in [4.69, 9.17) is 13.3 Å². The first-order valence-electron chi connectivity index (χ1n) is 11.7. The number of benzene rings is 1. The van der Waals surface area contributed by atoms with Crippen LogP contribution in [-0.4, -0.2) is 66.1 Å². The molecule has 0 aliphatic carbocycles. The van der Waals surface area contributed by atoms with E-state index < -0.39 is 48.2 Å². The summed E-state index contributed by atoms with van der Waals surface area (Å²) in [7, 11) is -6.89. The number of alkyl halides is 1. The monoisotopic (exact) mass is 568 g/mol. The molecular weight excluding hydrogens is 539 g/mol. The van der Waals surface area contributed by atoms with Crippen LogP contribution in [0.1, 0.15) is 27.0 Å². The molecule has 2 aromatic heterocycles. The molecule has 3 aromatic rings. The molecule has 38 heavy (non-hydrogen) atoms. The molecule has 1 N–H and O–H groups in total. The second-order valence-corrected chi connectivity index (χ2v) is 16.5. The Morgan fingerprint density at radius 2 is 1.92 bits per heavy atom. The molecule has 1 fully saturated rings. The van der Waals surface area contributed by atoms with Gasteiger partial charge in [0.05, 0.1) is 17.4 Å². The number of nitrogens with zero attached hydrogens (tertiary/aromatic N) is 5. The number of nitro groups is 1. The molecule has 1 aromatic carbocycles. The number of rotatable bonds is 9. The van der Waals surface area contributed by atoms with Gasteiger partial charge in [-0.05, 0) is 30.3 Å². The van der Waals surface area contributed by atoms with Crippen molar-refractivity contribution in [2.24, 2.45) is 0 Å². The molecule has 1 aliphatic heterocycles. The fraction of sp³-hybridized carbons (Fsp3) is 0.500. The summed E-state index contributed by atoms with van der Waals surface area (Å²) in [5, 5.41) is 10.6. The van der Waals surface area contributed by atoms with Crippen molar-refractivity contribution in [2.75, 3.05) is 6.54 Å². The van der Waals surface area contributed by atoms with Gasteiger partial charge in [-0.2, -0.15) is 13.1 Å². The van der Waals surface area contributed by atoms with Crippen LogP contribution in [0.2, 0.25) is 18.1 Å². The smallest absolute Gasteiger partial charge is 0.382 e. The summed E-state index contributed by atoms with van der Waals surface area (Å²) in [5.41, 5.74) is 0.595. The van der Waals surface area contributed by atoms with Crippen LogP contribution < -0.4 is 8.91 Å². The molecule has 0 bridgehead atoms. The minimum absolute atomic E-state index is 0.129. The van der Waals surface area contributed by atoms with E-state index in [1.807, 2.05) is 33.9 Å². The van der Waals surface area contributed by atoms with Crippen molar-refractivity contribution in [3.05, 3.63) is 53.2 Å². The Balaban J connectivity index is 1.55. The lowest BCUT2D eigenvalue weighted by Crippen LogP contribution is -2.50. The van der Waals surface area contributed by atoms with Gasteiger partial charge in [0, 0.05) is 18.7 Å². The van der Waals surface area contributed by atoms with E-state index in [-0.39, 0.29) is 23.0 Å². The van der Waals surface area contributed by atoms with Crippen LogP contribution >= 0.6 is 0 Å². The molecule has 0 saturated carbocycles. The molecule has 0 radical (unpaired) electrons. The summed E-state index contributed by atoms with van der Waals surface area (Å²) >= 11 is 0. The summed E-state index contributed by atoms with van der Waals surface area (Å²) in [6.45, 7) is 9.60. The van der Waals surface area contributed by atoms with E-state index in [2.05, 4.69) is 19.7 Å². The predicted octanol–water partition coefficient (Wildman–Crippen LogP) is 3.27. The van der Waals surface area contributed by atoms with Gasteiger partial charge in [-0.1, -0.05) is 20.8 Å². The van der Waals surface area contributed by atoms with E-state index in [9.17, 15) is 18.5 Å². The van der Waals surface area contributed by atoms with E-state index in [1.165, 1.54) is 23.4 Å². The fourth-order valence-corrected chi connectivity index (χ4v) is 5.78. The second kappa shape index (κ2) is 10.3. The average Bonchev–Trinajstić information content (AvgIpc) is 3.38. The van der Waals surface area contributed by atoms with Gasteiger partial charge >= 0.3 is 10.3 Å². The zero-order chi connectivity index (χ0) is 27.9. The van der Waals surface area contributed by atoms with Gasteiger partial charge in [-0.25, -0.2) is 19.3 Å². The number of aromatic nitrogens is 4. The number of nitro benzene ring substituents is 1. The van der Waals surface area contributed by atoms with Crippen LogP contribution in [0.15, 0.2) is 43.1 Å². The number of halogens is 1. The Morgan fingerprint density at radius 3 is 2.55 bits per heavy atom. The van der Waals surface area contributed by atoms with Crippen LogP contribution in [0.3, 0.4) is 0 Å². The summed E-state index contributed by atoms with van der Waals surface area (Å²) in [6.07, 6.45) is -0.749. The predicted molar refractivity (Wildman–Crippen MR) is 137 cm³/mol. The molecule has 16 heteroatoms. The number of ether oxygens (including phenoxy) is 1. The Morgan fingerprint density at radius 1 is 1.24 bits per heavy atom. The molecule has 0 unspecified atom stereocenters. The van der Waals surface area contributed by atoms with Crippen molar-refractivity contribution >= 4 is 35.5 Å². The third-order valence-electron chi connectivity index (χ3n) is 6.73. The maximum absolute atomic E-state index is 16.0. The molecule has 13 nitrogen and oxygen atoms in total. The molecule has 3 heterocycles. The Labute approximate surface area is 219 Å². The van der Waals surface area contributed by atoms with Crippen molar-refractivity contribution in [2.45, 2.75) is 63.5 Å². The lowest BCUT2D eigenvalue weighted by molar-refractivity contribution is -0.384. The molecular formula is C22H29FN6O7SSi. The minimum Gasteiger partial charge on any atom is -0.408 e. The first-order chi connectivity index (χ1) is 17.7. The topological polar surface area (TPSA) is 161 Å². The highest BCUT2D eigenvalue weighted by molar-refractivity contribution is 7.85. The minimum atomic E-state index is -4.38. The zero-order valence-corrected chi connectivity index (χ0v) is 23.3. The van der Waals surface area contributed by atoms with E-state index in [0.717, 1.165) is 24.3 Å². The van der Waals surface area contributed by atoms with Crippen molar-refractivity contribution in [3.8, 4) is 5.75 Å². The van der Waals surface area contributed by atoms with Crippen LogP contribution in [0.5, 0.6) is 5.75 Å². The molecule has 0 spiro atoms. The quantitative estimate of drug-likeness (QED) is 0.230. The summed E-state index contributed by atoms with van der Waals surface area (Å²) in [5.74, 6) is -0.129. The van der Waals surface area contributed by atoms with Crippen molar-refractivity contribution in [1.82, 2.24) is 24.2 Å². The average molecular weight is 569 g/mol. The Hall–Kier alpha value is -3.05. The standard InChI is InChI=1S/C22H29FN6O7SSi/c1-22(2,3)38(4,5)36-19-17(11-27-37(32,33)35-15-8-6-14(7-9-15)29(30)31)34-21(18(19)23)28-13-26-16-10-24-12-25-20(16)28/h6-10,12-13,17-19,21,27H,11H2,1-5H3/t17-,18-,19-,21-/m1/s1. The SMILES string of the molecule is CC(C)(C)[Si](C)(C)O[C@H]1[C@@H](F)[C@H](n2cnc3cncnc32)O[C@@H]1CNS(=O)(=O)Oc1ccc([N+](=O)[O-])cc1. The summed E-state index contributed by atoms with van der Waals surface area (Å²) < 4.78 is 62.3. The highest BCUT2D eigenvalue weighted by Crippen LogP contribution is 2.42. The number of nitrogens with one attached hydrogen (secondary N) is 1. The highest BCUT2D eigenvalue weighted by atomic mass is 32.2. The third-order valence-corrected chi connectivity index (χ3v) is 12.1. The molecule has 1 saturated heterocycles. The normalized spacial score (nSPS) is 22.6. The van der Waals surface area contributed by atoms with Gasteiger partial charge in [0.1, 0.15) is 29.8 Å². The van der Waals surface area contributed by atoms with Crippen molar-refractivity contribution in [3.63, 3.8) is 0 Å². The first-order valence-corrected chi connectivity index (χ1v) is 16.0. The van der Waals surface area contributed by atoms with Gasteiger partial charge in [0.2, 0.25) is 0 Å². The largest absolute Gasteiger partial charge is 0.408 e. The lowest BCUT2D eigenvalue weighted by atomic mass is 10.1. The Bertz CT molecular complexity index is 1410. The number of hydrogen-bond donors (Lipinski definition) is 1. The van der Waals surface area contributed by atoms with Crippen LogP contribution in [-0.2, 0) is 19.5 Å². The second-order valence-electron chi connectivity index (χ2n) is 10.4. The van der Waals surface area contributed by atoms with Crippen molar-refractivity contribution < 1.29 is 31.1 Å². The van der Waals surface area contributed by atoms with Gasteiger partial charge in [0.25, 0.3) is 5.69 Å². The summed E-state index contributed by atoms with van der Waals surface area (Å²) in [6, 6.07) is 4.55. The first kappa shape index (κ1) is 28.0. The maximum atomic E-state index is 16.0. The van der Waals surface area contributed by atoms with E-state index >= 15 is 4.39 Å². The van der Waals surface area contributed by atoms with Gasteiger partial charge < -0.3 is 13.3 Å². The van der Waals surface area contributed by atoms with Gasteiger partial charge in [-0.15, -0.1) is 0 Å². The van der Waals surface area contributed by atoms with Crippen molar-refractivity contribution in [1.29, 1.82) is 0 Å². The maximum Gasteiger partial charge on any atom is 0.382 e. The zero-order valence-electron chi connectivity index (χ0n) is 21.4. The van der Waals surface area contributed by atoms with Crippen LogP contribution in [0.4, 0.5) is 10.1 Å². The molecule has 4 rings (SSSR count). The van der Waals surface area contributed by atoms with Crippen LogP contribution in [0, 0.1) is 10.1 Å².